The molecular weight excluding hydrogens is 294 g/mol. The summed E-state index contributed by atoms with van der Waals surface area (Å²) in [5.74, 6) is -0.0454. The van der Waals surface area contributed by atoms with Gasteiger partial charge in [0.15, 0.2) is 5.12 Å². The van der Waals surface area contributed by atoms with Crippen molar-refractivity contribution < 1.29 is 19.9 Å². The average molecular weight is 306 g/mol. The van der Waals surface area contributed by atoms with Crippen molar-refractivity contribution >= 4 is 34.2 Å². The van der Waals surface area contributed by atoms with Gasteiger partial charge in [0.1, 0.15) is 6.10 Å². The van der Waals surface area contributed by atoms with Gasteiger partial charge < -0.3 is 10.2 Å². The van der Waals surface area contributed by atoms with Crippen molar-refractivity contribution in [2.75, 3.05) is 5.75 Å². The number of nitro groups is 1. The van der Waals surface area contributed by atoms with Crippen LogP contribution < -0.4 is 0 Å². The van der Waals surface area contributed by atoms with Gasteiger partial charge in [0.2, 0.25) is 0 Å². The number of carbonyl (C=O) groups excluding carboxylic acids is 1. The van der Waals surface area contributed by atoms with Gasteiger partial charge in [-0.05, 0) is 12.1 Å². The van der Waals surface area contributed by atoms with Gasteiger partial charge in [-0.1, -0.05) is 23.4 Å². The SMILES string of the molecule is CC(=O)SCC(O)C(O)c1ccc(Cl)cc1[N+](=O)[O-]. The molecule has 2 N–H and O–H groups in total. The molecule has 1 aromatic carbocycles. The van der Waals surface area contributed by atoms with E-state index in [-0.39, 0.29) is 27.1 Å². The Bertz CT molecular complexity index is 496. The normalized spacial score (nSPS) is 13.9. The Hall–Kier alpha value is -1.15. The summed E-state index contributed by atoms with van der Waals surface area (Å²) in [4.78, 5) is 20.9. The first-order valence-electron chi connectivity index (χ1n) is 5.26. The number of benzene rings is 1. The van der Waals surface area contributed by atoms with Crippen LogP contribution in [0.3, 0.4) is 0 Å². The topological polar surface area (TPSA) is 101 Å². The fourth-order valence-corrected chi connectivity index (χ4v) is 2.18. The molecule has 0 spiro atoms. The molecule has 0 heterocycles. The van der Waals surface area contributed by atoms with Crippen LogP contribution in [-0.4, -0.2) is 32.1 Å². The number of aliphatic hydroxyl groups is 2. The molecule has 0 aromatic heterocycles. The van der Waals surface area contributed by atoms with Gasteiger partial charge in [-0.25, -0.2) is 0 Å². The third-order valence-corrected chi connectivity index (χ3v) is 3.48. The van der Waals surface area contributed by atoms with E-state index in [9.17, 15) is 25.1 Å². The van der Waals surface area contributed by atoms with Gasteiger partial charge in [0, 0.05) is 23.8 Å². The second-order valence-electron chi connectivity index (χ2n) is 3.78. The molecule has 0 bridgehead atoms. The number of nitrogens with zero attached hydrogens (tertiary/aromatic N) is 1. The van der Waals surface area contributed by atoms with Gasteiger partial charge in [0.05, 0.1) is 16.6 Å². The molecule has 6 nitrogen and oxygen atoms in total. The van der Waals surface area contributed by atoms with E-state index in [1.807, 2.05) is 0 Å². The van der Waals surface area contributed by atoms with Gasteiger partial charge in [-0.3, -0.25) is 14.9 Å². The van der Waals surface area contributed by atoms with Crippen molar-refractivity contribution in [1.29, 1.82) is 0 Å². The molecule has 0 aliphatic rings. The lowest BCUT2D eigenvalue weighted by Crippen LogP contribution is -2.22. The fraction of sp³-hybridized carbons (Fsp3) is 0.364. The average Bonchev–Trinajstić information content (AvgIpc) is 2.34. The van der Waals surface area contributed by atoms with Crippen LogP contribution in [0.25, 0.3) is 0 Å². The molecule has 104 valence electrons. The molecule has 1 rings (SSSR count). The van der Waals surface area contributed by atoms with Crippen LogP contribution in [0, 0.1) is 10.1 Å². The summed E-state index contributed by atoms with van der Waals surface area (Å²) in [6.07, 6.45) is -2.74. The third-order valence-electron chi connectivity index (χ3n) is 2.33. The standard InChI is InChI=1S/C11H12ClNO5S/c1-6(14)19-5-10(15)11(16)8-3-2-7(12)4-9(8)13(17)18/h2-4,10-11,15-16H,5H2,1H3. The zero-order valence-corrected chi connectivity index (χ0v) is 11.5. The predicted molar refractivity (Wildman–Crippen MR) is 72.2 cm³/mol. The van der Waals surface area contributed by atoms with E-state index in [0.29, 0.717) is 0 Å². The molecule has 2 atom stereocenters. The van der Waals surface area contributed by atoms with Gasteiger partial charge >= 0.3 is 0 Å². The molecule has 0 radical (unpaired) electrons. The van der Waals surface area contributed by atoms with E-state index in [0.717, 1.165) is 17.8 Å². The van der Waals surface area contributed by atoms with E-state index >= 15 is 0 Å². The number of halogens is 1. The highest BCUT2D eigenvalue weighted by Crippen LogP contribution is 2.30. The first-order chi connectivity index (χ1) is 8.82. The van der Waals surface area contributed by atoms with Crippen LogP contribution in [0.15, 0.2) is 18.2 Å². The minimum absolute atomic E-state index is 0.0361. The molecule has 1 aromatic rings. The number of hydrogen-bond donors (Lipinski definition) is 2. The molecule has 0 saturated carbocycles. The minimum atomic E-state index is -1.45. The smallest absolute Gasteiger partial charge is 0.276 e. The number of aliphatic hydroxyl groups excluding tert-OH is 2. The number of hydrogen-bond acceptors (Lipinski definition) is 6. The minimum Gasteiger partial charge on any atom is -0.389 e. The second-order valence-corrected chi connectivity index (χ2v) is 5.41. The van der Waals surface area contributed by atoms with Crippen molar-refractivity contribution in [3.05, 3.63) is 38.9 Å². The second kappa shape index (κ2) is 6.85. The molecule has 8 heteroatoms. The molecule has 2 unspecified atom stereocenters. The highest BCUT2D eigenvalue weighted by atomic mass is 35.5. The molecule has 0 fully saturated rings. The molecular formula is C11H12ClNO5S. The summed E-state index contributed by atoms with van der Waals surface area (Å²) >= 11 is 6.49. The maximum Gasteiger partial charge on any atom is 0.276 e. The summed E-state index contributed by atoms with van der Waals surface area (Å²) < 4.78 is 0. The van der Waals surface area contributed by atoms with Crippen LogP contribution in [0.2, 0.25) is 5.02 Å². The first-order valence-corrected chi connectivity index (χ1v) is 6.62. The predicted octanol–water partition coefficient (Wildman–Crippen LogP) is 1.92. The maximum absolute atomic E-state index is 10.9. The fourth-order valence-electron chi connectivity index (χ4n) is 1.43. The van der Waals surface area contributed by atoms with Gasteiger partial charge in [-0.2, -0.15) is 0 Å². The summed E-state index contributed by atoms with van der Waals surface area (Å²) in [6, 6.07) is 3.77. The zero-order valence-electron chi connectivity index (χ0n) is 9.95. The lowest BCUT2D eigenvalue weighted by Gasteiger charge is -2.17. The third kappa shape index (κ3) is 4.46. The quantitative estimate of drug-likeness (QED) is 0.636. The van der Waals surface area contributed by atoms with E-state index in [4.69, 9.17) is 11.6 Å². The Morgan fingerprint density at radius 3 is 2.68 bits per heavy atom. The molecule has 0 aliphatic carbocycles. The van der Waals surface area contributed by atoms with Crippen LogP contribution in [-0.2, 0) is 4.79 Å². The zero-order chi connectivity index (χ0) is 14.6. The van der Waals surface area contributed by atoms with Crippen LogP contribution in [0.5, 0.6) is 0 Å². The van der Waals surface area contributed by atoms with Crippen LogP contribution in [0.4, 0.5) is 5.69 Å². The van der Waals surface area contributed by atoms with E-state index < -0.39 is 17.1 Å². The van der Waals surface area contributed by atoms with Gasteiger partial charge in [0.25, 0.3) is 5.69 Å². The van der Waals surface area contributed by atoms with Crippen LogP contribution in [0.1, 0.15) is 18.6 Å². The lowest BCUT2D eigenvalue weighted by atomic mass is 10.0. The maximum atomic E-state index is 10.9. The Kier molecular flexibility index (Phi) is 5.74. The van der Waals surface area contributed by atoms with Gasteiger partial charge in [-0.15, -0.1) is 0 Å². The summed E-state index contributed by atoms with van der Waals surface area (Å²) in [5.41, 5.74) is -0.405. The molecule has 0 amide bonds. The summed E-state index contributed by atoms with van der Waals surface area (Å²) in [6.45, 7) is 1.33. The Labute approximate surface area is 118 Å². The highest BCUT2D eigenvalue weighted by molar-refractivity contribution is 8.13. The molecule has 19 heavy (non-hydrogen) atoms. The monoisotopic (exact) mass is 305 g/mol. The Balaban J connectivity index is 2.95. The van der Waals surface area contributed by atoms with E-state index in [1.54, 1.807) is 0 Å². The van der Waals surface area contributed by atoms with E-state index in [1.165, 1.54) is 19.1 Å². The van der Waals surface area contributed by atoms with Crippen LogP contribution >= 0.6 is 23.4 Å². The van der Waals surface area contributed by atoms with E-state index in [2.05, 4.69) is 0 Å². The summed E-state index contributed by atoms with van der Waals surface area (Å²) in [5, 5.41) is 30.4. The van der Waals surface area contributed by atoms with Crippen molar-refractivity contribution in [3.8, 4) is 0 Å². The van der Waals surface area contributed by atoms with Crippen molar-refractivity contribution in [2.45, 2.75) is 19.1 Å². The highest BCUT2D eigenvalue weighted by Gasteiger charge is 2.26. The molecule has 0 aliphatic heterocycles. The van der Waals surface area contributed by atoms with Crippen molar-refractivity contribution in [1.82, 2.24) is 0 Å². The van der Waals surface area contributed by atoms with Crippen molar-refractivity contribution in [2.24, 2.45) is 0 Å². The Morgan fingerprint density at radius 1 is 1.53 bits per heavy atom. The number of thioether (sulfide) groups is 1. The summed E-state index contributed by atoms with van der Waals surface area (Å²) in [7, 11) is 0. The number of carbonyl (C=O) groups is 1. The largest absolute Gasteiger partial charge is 0.389 e. The molecule has 0 saturated heterocycles. The first kappa shape index (κ1) is 15.9. The number of nitro benzene ring substituents is 1. The number of rotatable bonds is 5. The lowest BCUT2D eigenvalue weighted by molar-refractivity contribution is -0.386. The Morgan fingerprint density at radius 2 is 2.16 bits per heavy atom. The van der Waals surface area contributed by atoms with Crippen molar-refractivity contribution in [3.63, 3.8) is 0 Å².